The maximum Gasteiger partial charge on any atom is 0.253 e. The Balaban J connectivity index is 1.12. The molecule has 30 heavy (non-hydrogen) atoms. The fourth-order valence-corrected chi connectivity index (χ4v) is 4.95. The van der Waals surface area contributed by atoms with Gasteiger partial charge < -0.3 is 9.32 Å². The van der Waals surface area contributed by atoms with Crippen LogP contribution < -0.4 is 0 Å². The molecular weight excluding hydrogens is 372 g/mol. The van der Waals surface area contributed by atoms with Crippen LogP contribution in [-0.2, 0) is 13.0 Å². The molecule has 0 bridgehead atoms. The van der Waals surface area contributed by atoms with Gasteiger partial charge in [-0.15, -0.1) is 0 Å². The van der Waals surface area contributed by atoms with Crippen molar-refractivity contribution in [2.24, 2.45) is 5.92 Å². The number of amides is 1. The molecule has 1 saturated heterocycles. The number of likely N-dealkylation sites (tertiary alicyclic amines) is 1. The lowest BCUT2D eigenvalue weighted by Gasteiger charge is -2.34. The van der Waals surface area contributed by atoms with E-state index < -0.39 is 0 Å². The molecule has 1 fully saturated rings. The highest BCUT2D eigenvalue weighted by molar-refractivity contribution is 5.94. The summed E-state index contributed by atoms with van der Waals surface area (Å²) in [4.78, 5) is 17.3. The first-order valence-corrected chi connectivity index (χ1v) is 11.2. The summed E-state index contributed by atoms with van der Waals surface area (Å²) >= 11 is 0. The van der Waals surface area contributed by atoms with Gasteiger partial charge in [-0.25, -0.2) is 0 Å². The van der Waals surface area contributed by atoms with Gasteiger partial charge >= 0.3 is 0 Å². The van der Waals surface area contributed by atoms with Crippen molar-refractivity contribution in [3.8, 4) is 0 Å². The third kappa shape index (κ3) is 3.89. The Kier molecular flexibility index (Phi) is 5.34. The smallest absolute Gasteiger partial charge is 0.253 e. The molecule has 1 amide bonds. The van der Waals surface area contributed by atoms with E-state index in [1.807, 2.05) is 35.2 Å². The highest BCUT2D eigenvalue weighted by Crippen LogP contribution is 2.31. The number of fused-ring (bicyclic) bond motifs is 3. The molecule has 0 spiro atoms. The van der Waals surface area contributed by atoms with E-state index in [0.29, 0.717) is 0 Å². The van der Waals surface area contributed by atoms with Crippen LogP contribution in [0.25, 0.3) is 11.0 Å². The van der Waals surface area contributed by atoms with Crippen LogP contribution in [0.5, 0.6) is 0 Å². The number of aryl methyl sites for hydroxylation is 1. The monoisotopic (exact) mass is 402 g/mol. The van der Waals surface area contributed by atoms with Gasteiger partial charge in [0.2, 0.25) is 0 Å². The number of carbonyl (C=O) groups is 1. The number of nitrogens with zero attached hydrogens (tertiary/aromatic N) is 2. The molecule has 156 valence electrons. The lowest BCUT2D eigenvalue weighted by molar-refractivity contribution is 0.0679. The van der Waals surface area contributed by atoms with Crippen LogP contribution in [0.15, 0.2) is 52.9 Å². The number of carbonyl (C=O) groups excluding carboxylic acids is 1. The summed E-state index contributed by atoms with van der Waals surface area (Å²) in [7, 11) is 0. The third-order valence-electron chi connectivity index (χ3n) is 6.87. The van der Waals surface area contributed by atoms with Gasteiger partial charge in [0.05, 0.1) is 0 Å². The average Bonchev–Trinajstić information content (AvgIpc) is 3.16. The average molecular weight is 403 g/mol. The van der Waals surface area contributed by atoms with E-state index >= 15 is 0 Å². The van der Waals surface area contributed by atoms with Crippen molar-refractivity contribution in [2.75, 3.05) is 26.2 Å². The fraction of sp³-hybridized carbons (Fsp3) is 0.423. The predicted molar refractivity (Wildman–Crippen MR) is 120 cm³/mol. The van der Waals surface area contributed by atoms with Gasteiger partial charge in [-0.05, 0) is 56.8 Å². The second-order valence-electron chi connectivity index (χ2n) is 8.92. The summed E-state index contributed by atoms with van der Waals surface area (Å²) in [5.74, 6) is 2.08. The highest BCUT2D eigenvalue weighted by atomic mass is 16.3. The first-order valence-electron chi connectivity index (χ1n) is 11.2. The van der Waals surface area contributed by atoms with Crippen LogP contribution in [0.2, 0.25) is 0 Å². The molecule has 0 aliphatic carbocycles. The molecule has 4 nitrogen and oxygen atoms in total. The Bertz CT molecular complexity index is 1030. The molecule has 0 N–H and O–H groups in total. The van der Waals surface area contributed by atoms with Crippen molar-refractivity contribution in [3.05, 3.63) is 71.0 Å². The van der Waals surface area contributed by atoms with Crippen molar-refractivity contribution in [2.45, 2.75) is 39.2 Å². The Morgan fingerprint density at radius 1 is 1.03 bits per heavy atom. The normalized spacial score (nSPS) is 18.0. The molecular formula is C26H30N2O2. The van der Waals surface area contributed by atoms with Crippen LogP contribution >= 0.6 is 0 Å². The summed E-state index contributed by atoms with van der Waals surface area (Å²) < 4.78 is 6.05. The Labute approximate surface area is 178 Å². The second-order valence-corrected chi connectivity index (χ2v) is 8.92. The zero-order chi connectivity index (χ0) is 20.5. The van der Waals surface area contributed by atoms with Crippen LogP contribution in [0, 0.1) is 12.8 Å². The summed E-state index contributed by atoms with van der Waals surface area (Å²) in [6.07, 6.45) is 4.46. The largest absolute Gasteiger partial charge is 0.461 e. The number of rotatable bonds is 4. The van der Waals surface area contributed by atoms with Crippen molar-refractivity contribution >= 4 is 16.9 Å². The predicted octanol–water partition coefficient (Wildman–Crippen LogP) is 5.04. The van der Waals surface area contributed by atoms with Gasteiger partial charge in [-0.2, -0.15) is 0 Å². The minimum Gasteiger partial charge on any atom is -0.461 e. The number of piperidine rings is 1. The molecule has 0 unspecified atom stereocenters. The van der Waals surface area contributed by atoms with Crippen molar-refractivity contribution in [1.29, 1.82) is 0 Å². The highest BCUT2D eigenvalue weighted by Gasteiger charge is 2.26. The van der Waals surface area contributed by atoms with Gasteiger partial charge in [0.15, 0.2) is 0 Å². The number of para-hydroxylation sites is 1. The molecule has 0 atom stereocenters. The Morgan fingerprint density at radius 3 is 2.60 bits per heavy atom. The maximum absolute atomic E-state index is 12.7. The zero-order valence-corrected chi connectivity index (χ0v) is 17.8. The van der Waals surface area contributed by atoms with Crippen molar-refractivity contribution < 1.29 is 9.21 Å². The fourth-order valence-electron chi connectivity index (χ4n) is 4.95. The number of hydrogen-bond donors (Lipinski definition) is 0. The zero-order valence-electron chi connectivity index (χ0n) is 17.8. The molecule has 0 radical (unpaired) electrons. The Morgan fingerprint density at radius 2 is 1.80 bits per heavy atom. The number of furan rings is 1. The molecule has 0 saturated carbocycles. The van der Waals surface area contributed by atoms with Crippen molar-refractivity contribution in [1.82, 2.24) is 9.80 Å². The SMILES string of the molecule is Cc1ccc(C(=O)N2CCC(CCN3CCc4oc5ccccc5c4C3)CC2)cc1. The van der Waals surface area contributed by atoms with Gasteiger partial charge in [0.1, 0.15) is 11.3 Å². The molecule has 5 rings (SSSR count). The standard InChI is InChI=1S/C26H30N2O2/c1-19-6-8-21(9-7-19)26(29)28-16-11-20(12-17-28)10-14-27-15-13-25-23(18-27)22-4-2-3-5-24(22)30-25/h2-9,20H,10-18H2,1H3. The summed E-state index contributed by atoms with van der Waals surface area (Å²) in [6.45, 7) is 7.03. The quantitative estimate of drug-likeness (QED) is 0.613. The van der Waals surface area contributed by atoms with Crippen LogP contribution in [0.4, 0.5) is 0 Å². The van der Waals surface area contributed by atoms with E-state index in [1.165, 1.54) is 28.7 Å². The molecule has 2 aromatic carbocycles. The van der Waals surface area contributed by atoms with Gasteiger partial charge in [-0.3, -0.25) is 9.69 Å². The lowest BCUT2D eigenvalue weighted by atomic mass is 9.92. The number of benzene rings is 2. The maximum atomic E-state index is 12.7. The third-order valence-corrected chi connectivity index (χ3v) is 6.87. The van der Waals surface area contributed by atoms with Crippen LogP contribution in [-0.4, -0.2) is 41.9 Å². The molecule has 3 aromatic rings. The van der Waals surface area contributed by atoms with E-state index in [1.54, 1.807) is 0 Å². The van der Waals surface area contributed by atoms with Gasteiger partial charge in [0, 0.05) is 49.1 Å². The minimum atomic E-state index is 0.184. The molecule has 4 heteroatoms. The van der Waals surface area contributed by atoms with Crippen LogP contribution in [0.1, 0.15) is 46.5 Å². The van der Waals surface area contributed by atoms with Gasteiger partial charge in [-0.1, -0.05) is 35.9 Å². The van der Waals surface area contributed by atoms with E-state index in [-0.39, 0.29) is 5.91 Å². The van der Waals surface area contributed by atoms with Gasteiger partial charge in [0.25, 0.3) is 5.91 Å². The molecule has 3 heterocycles. The first-order chi connectivity index (χ1) is 14.7. The molecule has 2 aliphatic heterocycles. The molecule has 2 aliphatic rings. The summed E-state index contributed by atoms with van der Waals surface area (Å²) in [6, 6.07) is 16.3. The van der Waals surface area contributed by atoms with E-state index in [2.05, 4.69) is 30.0 Å². The summed E-state index contributed by atoms with van der Waals surface area (Å²) in [5, 5.41) is 1.28. The van der Waals surface area contributed by atoms with E-state index in [9.17, 15) is 4.79 Å². The summed E-state index contributed by atoms with van der Waals surface area (Å²) in [5.41, 5.74) is 4.42. The Hall–Kier alpha value is -2.59. The second kappa shape index (κ2) is 8.27. The van der Waals surface area contributed by atoms with E-state index in [0.717, 1.165) is 69.1 Å². The van der Waals surface area contributed by atoms with E-state index in [4.69, 9.17) is 4.42 Å². The number of hydrogen-bond acceptors (Lipinski definition) is 3. The lowest BCUT2D eigenvalue weighted by Crippen LogP contribution is -2.39. The minimum absolute atomic E-state index is 0.184. The molecule has 1 aromatic heterocycles. The van der Waals surface area contributed by atoms with Crippen molar-refractivity contribution in [3.63, 3.8) is 0 Å². The topological polar surface area (TPSA) is 36.7 Å². The van der Waals surface area contributed by atoms with Crippen LogP contribution in [0.3, 0.4) is 0 Å². The first kappa shape index (κ1) is 19.4.